The molecule has 1 aliphatic heterocycles. The molecule has 0 saturated carbocycles. The minimum absolute atomic E-state index is 0.227. The lowest BCUT2D eigenvalue weighted by molar-refractivity contribution is 0.435. The molecule has 1 aliphatic rings. The Hall–Kier alpha value is -0.730. The Morgan fingerprint density at radius 3 is 2.86 bits per heavy atom. The van der Waals surface area contributed by atoms with Gasteiger partial charge in [-0.05, 0) is 6.42 Å². The second kappa shape index (κ2) is 3.44. The predicted octanol–water partition coefficient (Wildman–Crippen LogP) is -0.344. The Bertz CT molecular complexity index is 427. The summed E-state index contributed by atoms with van der Waals surface area (Å²) in [6.07, 6.45) is 0.680. The number of sulfonamides is 1. The molecule has 8 heteroatoms. The predicted molar refractivity (Wildman–Crippen MR) is 53.1 cm³/mol. The molecular formula is C6H10N4O2S2. The van der Waals surface area contributed by atoms with Gasteiger partial charge < -0.3 is 5.73 Å². The Labute approximate surface area is 85.9 Å². The first kappa shape index (κ1) is 9.81. The normalized spacial score (nSPS) is 21.4. The molecule has 1 fully saturated rings. The monoisotopic (exact) mass is 234 g/mol. The summed E-state index contributed by atoms with van der Waals surface area (Å²) in [6, 6.07) is 0. The molecule has 2 rings (SSSR count). The van der Waals surface area contributed by atoms with Gasteiger partial charge in [0.2, 0.25) is 10.0 Å². The molecule has 1 aromatic rings. The highest BCUT2D eigenvalue weighted by atomic mass is 32.2. The van der Waals surface area contributed by atoms with Gasteiger partial charge >= 0.3 is 0 Å². The molecule has 78 valence electrons. The molecule has 0 spiro atoms. The van der Waals surface area contributed by atoms with Gasteiger partial charge in [0, 0.05) is 18.1 Å². The molecule has 0 amide bonds. The van der Waals surface area contributed by atoms with Crippen LogP contribution in [0.4, 0.5) is 5.00 Å². The number of aromatic nitrogens is 2. The van der Waals surface area contributed by atoms with E-state index in [-0.39, 0.29) is 12.3 Å². The molecule has 2 heterocycles. The van der Waals surface area contributed by atoms with Crippen molar-refractivity contribution in [3.05, 3.63) is 5.69 Å². The minimum Gasteiger partial charge on any atom is -0.388 e. The molecule has 0 unspecified atom stereocenters. The SMILES string of the molecule is Nc1snnc1CN1CCCS1(=O)=O. The Morgan fingerprint density at radius 1 is 1.57 bits per heavy atom. The lowest BCUT2D eigenvalue weighted by atomic mass is 10.4. The second-order valence-electron chi connectivity index (χ2n) is 3.09. The zero-order valence-corrected chi connectivity index (χ0v) is 9.01. The van der Waals surface area contributed by atoms with E-state index in [1.165, 1.54) is 4.31 Å². The van der Waals surface area contributed by atoms with Crippen LogP contribution in [0.1, 0.15) is 12.1 Å². The number of nitrogen functional groups attached to an aromatic ring is 1. The summed E-state index contributed by atoms with van der Waals surface area (Å²) in [5, 5.41) is 4.27. The summed E-state index contributed by atoms with van der Waals surface area (Å²) in [4.78, 5) is 0. The van der Waals surface area contributed by atoms with E-state index in [9.17, 15) is 8.42 Å². The molecule has 0 radical (unpaired) electrons. The molecule has 1 aromatic heterocycles. The van der Waals surface area contributed by atoms with Gasteiger partial charge in [-0.2, -0.15) is 4.31 Å². The van der Waals surface area contributed by atoms with Crippen molar-refractivity contribution >= 4 is 26.6 Å². The van der Waals surface area contributed by atoms with Crippen molar-refractivity contribution in [1.29, 1.82) is 0 Å². The summed E-state index contributed by atoms with van der Waals surface area (Å²) >= 11 is 1.08. The van der Waals surface area contributed by atoms with Crippen molar-refractivity contribution < 1.29 is 8.42 Å². The number of nitrogens with two attached hydrogens (primary N) is 1. The third-order valence-corrected chi connectivity index (χ3v) is 4.61. The van der Waals surface area contributed by atoms with Crippen LogP contribution in [-0.4, -0.2) is 34.6 Å². The van der Waals surface area contributed by atoms with Crippen molar-refractivity contribution in [3.8, 4) is 0 Å². The Morgan fingerprint density at radius 2 is 2.36 bits per heavy atom. The van der Waals surface area contributed by atoms with Crippen molar-refractivity contribution in [2.75, 3.05) is 18.0 Å². The smallest absolute Gasteiger partial charge is 0.214 e. The van der Waals surface area contributed by atoms with Crippen LogP contribution >= 0.6 is 11.5 Å². The van der Waals surface area contributed by atoms with Crippen LogP contribution in [0.25, 0.3) is 0 Å². The molecule has 0 aliphatic carbocycles. The standard InChI is InChI=1S/C6H10N4O2S2/c7-6-5(8-9-13-6)4-10-2-1-3-14(10,11)12/h1-4,7H2. The summed E-state index contributed by atoms with van der Waals surface area (Å²) in [5.41, 5.74) is 6.14. The summed E-state index contributed by atoms with van der Waals surface area (Å²) in [6.45, 7) is 0.809. The molecule has 2 N–H and O–H groups in total. The second-order valence-corrected chi connectivity index (χ2v) is 5.96. The third kappa shape index (κ3) is 1.72. The van der Waals surface area contributed by atoms with Crippen LogP contribution in [-0.2, 0) is 16.6 Å². The van der Waals surface area contributed by atoms with Crippen LogP contribution in [0.5, 0.6) is 0 Å². The summed E-state index contributed by atoms with van der Waals surface area (Å²) in [7, 11) is -3.07. The number of rotatable bonds is 2. The van der Waals surface area contributed by atoms with Gasteiger partial charge in [0.25, 0.3) is 0 Å². The number of hydrogen-bond donors (Lipinski definition) is 1. The Kier molecular flexibility index (Phi) is 2.41. The van der Waals surface area contributed by atoms with Crippen LogP contribution in [0.15, 0.2) is 0 Å². The molecule has 1 saturated heterocycles. The quantitative estimate of drug-likeness (QED) is 0.756. The molecule has 0 atom stereocenters. The fourth-order valence-corrected chi connectivity index (χ4v) is 3.28. The molecular weight excluding hydrogens is 224 g/mol. The van der Waals surface area contributed by atoms with Gasteiger partial charge in [0.05, 0.1) is 12.3 Å². The molecule has 0 aromatic carbocycles. The highest BCUT2D eigenvalue weighted by Gasteiger charge is 2.29. The van der Waals surface area contributed by atoms with E-state index < -0.39 is 10.0 Å². The van der Waals surface area contributed by atoms with Gasteiger partial charge in [0.1, 0.15) is 10.7 Å². The lowest BCUT2D eigenvalue weighted by Gasteiger charge is -2.11. The first-order chi connectivity index (χ1) is 6.59. The van der Waals surface area contributed by atoms with Crippen LogP contribution in [0, 0.1) is 0 Å². The summed E-state index contributed by atoms with van der Waals surface area (Å²) < 4.78 is 27.9. The molecule has 14 heavy (non-hydrogen) atoms. The number of anilines is 1. The van der Waals surface area contributed by atoms with E-state index in [1.807, 2.05) is 0 Å². The van der Waals surface area contributed by atoms with E-state index in [1.54, 1.807) is 0 Å². The van der Waals surface area contributed by atoms with Crippen molar-refractivity contribution in [1.82, 2.24) is 13.9 Å². The zero-order valence-electron chi connectivity index (χ0n) is 7.38. The molecule has 6 nitrogen and oxygen atoms in total. The average molecular weight is 234 g/mol. The van der Waals surface area contributed by atoms with Crippen molar-refractivity contribution in [3.63, 3.8) is 0 Å². The summed E-state index contributed by atoms with van der Waals surface area (Å²) in [5.74, 6) is 0.227. The van der Waals surface area contributed by atoms with E-state index in [2.05, 4.69) is 9.59 Å². The average Bonchev–Trinajstić information content (AvgIpc) is 2.62. The van der Waals surface area contributed by atoms with Crippen LogP contribution in [0.2, 0.25) is 0 Å². The Balaban J connectivity index is 2.16. The fourth-order valence-electron chi connectivity index (χ4n) is 1.36. The third-order valence-electron chi connectivity index (χ3n) is 2.11. The van der Waals surface area contributed by atoms with E-state index >= 15 is 0 Å². The van der Waals surface area contributed by atoms with Crippen molar-refractivity contribution in [2.24, 2.45) is 0 Å². The first-order valence-corrected chi connectivity index (χ1v) is 6.52. The van der Waals surface area contributed by atoms with Gasteiger partial charge in [-0.15, -0.1) is 5.10 Å². The first-order valence-electron chi connectivity index (χ1n) is 4.14. The van der Waals surface area contributed by atoms with Gasteiger partial charge in [-0.25, -0.2) is 8.42 Å². The van der Waals surface area contributed by atoms with Gasteiger partial charge in [-0.3, -0.25) is 0 Å². The van der Waals surface area contributed by atoms with E-state index in [0.29, 0.717) is 23.7 Å². The fraction of sp³-hybridized carbons (Fsp3) is 0.667. The maximum absolute atomic E-state index is 11.4. The van der Waals surface area contributed by atoms with E-state index in [0.717, 1.165) is 11.5 Å². The highest BCUT2D eigenvalue weighted by Crippen LogP contribution is 2.20. The highest BCUT2D eigenvalue weighted by molar-refractivity contribution is 7.89. The number of hydrogen-bond acceptors (Lipinski definition) is 6. The topological polar surface area (TPSA) is 89.2 Å². The van der Waals surface area contributed by atoms with Crippen LogP contribution in [0.3, 0.4) is 0 Å². The van der Waals surface area contributed by atoms with Gasteiger partial charge in [0.15, 0.2) is 0 Å². The number of nitrogens with zero attached hydrogens (tertiary/aromatic N) is 3. The molecule has 0 bridgehead atoms. The minimum atomic E-state index is -3.07. The van der Waals surface area contributed by atoms with Gasteiger partial charge in [-0.1, -0.05) is 4.49 Å². The van der Waals surface area contributed by atoms with E-state index in [4.69, 9.17) is 5.73 Å². The lowest BCUT2D eigenvalue weighted by Crippen LogP contribution is -2.25. The zero-order chi connectivity index (χ0) is 10.2. The maximum Gasteiger partial charge on any atom is 0.214 e. The van der Waals surface area contributed by atoms with Crippen LogP contribution < -0.4 is 5.73 Å². The largest absolute Gasteiger partial charge is 0.388 e. The van der Waals surface area contributed by atoms with Crippen molar-refractivity contribution in [2.45, 2.75) is 13.0 Å². The maximum atomic E-state index is 11.4.